The van der Waals surface area contributed by atoms with E-state index in [1.165, 1.54) is 0 Å². The molecule has 29 heavy (non-hydrogen) atoms. The van der Waals surface area contributed by atoms with Gasteiger partial charge in [-0.2, -0.15) is 0 Å². The molecule has 0 aromatic carbocycles. The number of aliphatic hydroxyl groups excluding tert-OH is 1. The van der Waals surface area contributed by atoms with Crippen molar-refractivity contribution in [3.05, 3.63) is 95.7 Å². The van der Waals surface area contributed by atoms with E-state index in [9.17, 15) is 0 Å². The second-order valence-electron chi connectivity index (χ2n) is 6.83. The summed E-state index contributed by atoms with van der Waals surface area (Å²) in [5.41, 5.74) is 7.15. The highest BCUT2D eigenvalue weighted by Crippen LogP contribution is 2.20. The first kappa shape index (κ1) is 18.9. The summed E-state index contributed by atoms with van der Waals surface area (Å²) in [6.07, 6.45) is 25.8. The minimum absolute atomic E-state index is 0.344. The van der Waals surface area contributed by atoms with E-state index in [1.54, 1.807) is 0 Å². The molecule has 0 aromatic rings. The van der Waals surface area contributed by atoms with Crippen molar-refractivity contribution < 1.29 is 5.11 Å². The first-order valence-corrected chi connectivity index (χ1v) is 9.76. The maximum Gasteiger partial charge on any atom is 0.0659 e. The summed E-state index contributed by atoms with van der Waals surface area (Å²) in [4.78, 5) is 18.4. The Morgan fingerprint density at radius 3 is 1.07 bits per heavy atom. The normalized spacial score (nSPS) is 20.2. The number of allylic oxidation sites excluding steroid dienone is 12. The van der Waals surface area contributed by atoms with Gasteiger partial charge in [-0.05, 0) is 79.3 Å². The summed E-state index contributed by atoms with van der Waals surface area (Å²) >= 11 is 0. The summed E-state index contributed by atoms with van der Waals surface area (Å²) < 4.78 is 0. The predicted octanol–water partition coefficient (Wildman–Crippen LogP) is 4.36. The Bertz CT molecular complexity index is 894. The van der Waals surface area contributed by atoms with Crippen molar-refractivity contribution >= 4 is 22.8 Å². The van der Waals surface area contributed by atoms with Crippen LogP contribution in [0.1, 0.15) is 19.8 Å². The number of hydrogen-bond acceptors (Lipinski definition) is 5. The van der Waals surface area contributed by atoms with Crippen molar-refractivity contribution in [2.45, 2.75) is 19.8 Å². The van der Waals surface area contributed by atoms with Gasteiger partial charge < -0.3 is 5.11 Å². The number of aliphatic hydroxyl groups is 1. The molecule has 5 heteroatoms. The quantitative estimate of drug-likeness (QED) is 0.757. The minimum Gasteiger partial charge on any atom is -0.396 e. The van der Waals surface area contributed by atoms with E-state index in [1.807, 2.05) is 72.9 Å². The first-order chi connectivity index (χ1) is 14.2. The zero-order valence-corrected chi connectivity index (χ0v) is 16.3. The van der Waals surface area contributed by atoms with Crippen molar-refractivity contribution in [1.82, 2.24) is 0 Å². The van der Waals surface area contributed by atoms with Gasteiger partial charge >= 0.3 is 0 Å². The summed E-state index contributed by atoms with van der Waals surface area (Å²) in [7, 11) is 0. The third-order valence-corrected chi connectivity index (χ3v) is 4.43. The highest BCUT2D eigenvalue weighted by Gasteiger charge is 2.11. The van der Waals surface area contributed by atoms with E-state index in [0.717, 1.165) is 58.5 Å². The average Bonchev–Trinajstić information content (AvgIpc) is 3.48. The molecular formula is C24H22N4O. The Hall–Kier alpha value is -3.44. The largest absolute Gasteiger partial charge is 0.396 e. The topological polar surface area (TPSA) is 69.7 Å². The van der Waals surface area contributed by atoms with Crippen molar-refractivity contribution in [3.8, 4) is 0 Å². The Kier molecular flexibility index (Phi) is 5.68. The number of rotatable bonds is 2. The number of nitrogens with zero attached hydrogens (tertiary/aromatic N) is 4. The second-order valence-corrected chi connectivity index (χ2v) is 6.83. The Labute approximate surface area is 170 Å². The van der Waals surface area contributed by atoms with Gasteiger partial charge in [-0.3, -0.25) is 0 Å². The van der Waals surface area contributed by atoms with Crippen LogP contribution in [0, 0.1) is 0 Å². The molecule has 0 aliphatic carbocycles. The first-order valence-electron chi connectivity index (χ1n) is 9.76. The van der Waals surface area contributed by atoms with E-state index < -0.39 is 0 Å². The number of hydrogen-bond donors (Lipinski definition) is 1. The molecule has 8 bridgehead atoms. The van der Waals surface area contributed by atoms with Crippen LogP contribution in [-0.2, 0) is 0 Å². The fraction of sp³-hybridized carbons (Fsp3) is 0.167. The number of unbranched alkanes of at least 4 members (excludes halogenated alkanes) is 1. The molecular weight excluding hydrogens is 360 g/mol. The van der Waals surface area contributed by atoms with Crippen molar-refractivity contribution in [2.24, 2.45) is 20.0 Å². The molecule has 0 atom stereocenters. The lowest BCUT2D eigenvalue weighted by Crippen LogP contribution is -1.89. The van der Waals surface area contributed by atoms with Crippen molar-refractivity contribution in [3.63, 3.8) is 0 Å². The third-order valence-electron chi connectivity index (χ3n) is 4.43. The lowest BCUT2D eigenvalue weighted by molar-refractivity contribution is 0.287. The summed E-state index contributed by atoms with van der Waals surface area (Å²) in [5.74, 6) is 0. The molecule has 0 saturated carbocycles. The maximum atomic E-state index is 8.07. The Morgan fingerprint density at radius 2 is 0.862 bits per heavy atom. The average molecular weight is 382 g/mol. The van der Waals surface area contributed by atoms with Crippen LogP contribution >= 0.6 is 0 Å². The summed E-state index contributed by atoms with van der Waals surface area (Å²) in [6.45, 7) is 2.40. The lowest BCUT2D eigenvalue weighted by atomic mass is 10.2. The Morgan fingerprint density at radius 1 is 0.552 bits per heavy atom. The molecule has 0 saturated heterocycles. The molecule has 0 fully saturated rings. The molecule has 5 aliphatic heterocycles. The van der Waals surface area contributed by atoms with Gasteiger partial charge in [0.1, 0.15) is 0 Å². The molecule has 5 heterocycles. The zero-order chi connectivity index (χ0) is 20.1. The molecule has 5 aliphatic rings. The van der Waals surface area contributed by atoms with Crippen LogP contribution in [0.25, 0.3) is 0 Å². The Balaban J connectivity index is 0.000000369. The van der Waals surface area contributed by atoms with Crippen LogP contribution in [0.4, 0.5) is 0 Å². The van der Waals surface area contributed by atoms with Crippen LogP contribution < -0.4 is 0 Å². The fourth-order valence-electron chi connectivity index (χ4n) is 2.98. The zero-order valence-electron chi connectivity index (χ0n) is 16.3. The molecule has 5 nitrogen and oxygen atoms in total. The van der Waals surface area contributed by atoms with Crippen LogP contribution in [0.2, 0.25) is 0 Å². The molecule has 0 amide bonds. The number of fused-ring (bicyclic) bond motifs is 4. The molecule has 144 valence electrons. The van der Waals surface area contributed by atoms with Gasteiger partial charge in [0.2, 0.25) is 0 Å². The SMILES string of the molecule is C1=CC2=NC1=CC1=NC(=CC3=NC(=CC4=NC(=C2)C=C4)C=C3)C=C1.CCCCO. The van der Waals surface area contributed by atoms with E-state index in [2.05, 4.69) is 26.9 Å². The van der Waals surface area contributed by atoms with Gasteiger partial charge in [0.25, 0.3) is 0 Å². The molecule has 0 spiro atoms. The number of aliphatic imine (C=N–C) groups is 4. The van der Waals surface area contributed by atoms with Gasteiger partial charge in [-0.25, -0.2) is 20.0 Å². The highest BCUT2D eigenvalue weighted by atomic mass is 16.2. The van der Waals surface area contributed by atoms with Gasteiger partial charge in [-0.1, -0.05) is 13.3 Å². The van der Waals surface area contributed by atoms with E-state index >= 15 is 0 Å². The van der Waals surface area contributed by atoms with Crippen LogP contribution in [0.15, 0.2) is 116 Å². The second kappa shape index (κ2) is 8.71. The predicted molar refractivity (Wildman–Crippen MR) is 121 cm³/mol. The monoisotopic (exact) mass is 382 g/mol. The van der Waals surface area contributed by atoms with Gasteiger partial charge in [-0.15, -0.1) is 0 Å². The molecule has 0 radical (unpaired) electrons. The molecule has 0 aromatic heterocycles. The lowest BCUT2D eigenvalue weighted by Gasteiger charge is -1.94. The molecule has 0 unspecified atom stereocenters. The van der Waals surface area contributed by atoms with Gasteiger partial charge in [0.05, 0.1) is 45.6 Å². The van der Waals surface area contributed by atoms with E-state index in [0.29, 0.717) is 6.61 Å². The van der Waals surface area contributed by atoms with E-state index in [4.69, 9.17) is 5.11 Å². The smallest absolute Gasteiger partial charge is 0.0659 e. The van der Waals surface area contributed by atoms with Crippen molar-refractivity contribution in [2.75, 3.05) is 6.61 Å². The third kappa shape index (κ3) is 4.89. The minimum atomic E-state index is 0.344. The van der Waals surface area contributed by atoms with Crippen LogP contribution in [0.3, 0.4) is 0 Å². The van der Waals surface area contributed by atoms with Gasteiger partial charge in [0.15, 0.2) is 0 Å². The van der Waals surface area contributed by atoms with Gasteiger partial charge in [0, 0.05) is 6.61 Å². The maximum absolute atomic E-state index is 8.07. The van der Waals surface area contributed by atoms with E-state index in [-0.39, 0.29) is 0 Å². The highest BCUT2D eigenvalue weighted by molar-refractivity contribution is 6.14. The standard InChI is InChI=1S/C20H12N4.C4H10O/c1-2-14-10-16-5-6-18(23-16)12-20-8-7-19(24-20)11-17-4-3-15(22-17)9-13(1)21-14;1-2-3-4-5/h1-12H;5H,2-4H2,1H3. The van der Waals surface area contributed by atoms with Crippen LogP contribution in [-0.4, -0.2) is 34.6 Å². The fourth-order valence-corrected chi connectivity index (χ4v) is 2.98. The van der Waals surface area contributed by atoms with Crippen molar-refractivity contribution in [1.29, 1.82) is 0 Å². The summed E-state index contributed by atoms with van der Waals surface area (Å²) in [6, 6.07) is 0. The van der Waals surface area contributed by atoms with Crippen LogP contribution in [0.5, 0.6) is 0 Å². The molecule has 1 N–H and O–H groups in total. The molecule has 5 rings (SSSR count). The summed E-state index contributed by atoms with van der Waals surface area (Å²) in [5, 5.41) is 8.07.